The maximum atomic E-state index is 13.7. The normalized spacial score (nSPS) is 14.0. The lowest BCUT2D eigenvalue weighted by atomic mass is 9.73. The van der Waals surface area contributed by atoms with Crippen LogP contribution in [0.5, 0.6) is 0 Å². The van der Waals surface area contributed by atoms with Crippen molar-refractivity contribution in [2.24, 2.45) is 5.41 Å². The zero-order valence-electron chi connectivity index (χ0n) is 46.0. The zero-order chi connectivity index (χ0) is 50.3. The highest BCUT2D eigenvalue weighted by molar-refractivity contribution is 5.73. The number of ether oxygens (including phenoxy) is 7. The molecule has 70 heavy (non-hydrogen) atoms. The molecule has 1 heterocycles. The SMILES string of the molecule is CCCCCCCCCOC(OCCCCCCCCC)C(=O)OCCC1(CCOC(=O)C(OCCCCCCCCC)OCCCCCCCCC)CCN(CCCCOCc2ccccc2)CC1. The van der Waals surface area contributed by atoms with Crippen LogP contribution >= 0.6 is 0 Å². The topological polar surface area (TPSA) is 102 Å². The van der Waals surface area contributed by atoms with E-state index in [1.807, 2.05) is 6.07 Å². The molecule has 0 amide bonds. The van der Waals surface area contributed by atoms with Crippen molar-refractivity contribution in [2.75, 3.05) is 65.9 Å². The van der Waals surface area contributed by atoms with E-state index in [-0.39, 0.29) is 18.6 Å². The van der Waals surface area contributed by atoms with E-state index in [0.29, 0.717) is 45.9 Å². The first-order valence-electron chi connectivity index (χ1n) is 29.6. The summed E-state index contributed by atoms with van der Waals surface area (Å²) >= 11 is 0. The number of benzene rings is 1. The molecular weight excluding hydrogens is 879 g/mol. The fourth-order valence-corrected chi connectivity index (χ4v) is 9.42. The molecule has 0 radical (unpaired) electrons. The van der Waals surface area contributed by atoms with Crippen LogP contribution in [-0.4, -0.2) is 95.3 Å². The summed E-state index contributed by atoms with van der Waals surface area (Å²) in [7, 11) is 0. The van der Waals surface area contributed by atoms with Gasteiger partial charge in [-0.1, -0.05) is 212 Å². The largest absolute Gasteiger partial charge is 0.462 e. The van der Waals surface area contributed by atoms with Crippen LogP contribution in [0.3, 0.4) is 0 Å². The molecule has 1 saturated heterocycles. The van der Waals surface area contributed by atoms with Gasteiger partial charge >= 0.3 is 11.9 Å². The Hall–Kier alpha value is -2.08. The Morgan fingerprint density at radius 3 is 1.16 bits per heavy atom. The third-order valence-corrected chi connectivity index (χ3v) is 14.2. The summed E-state index contributed by atoms with van der Waals surface area (Å²) in [6.45, 7) is 15.8. The van der Waals surface area contributed by atoms with Gasteiger partial charge < -0.3 is 38.1 Å². The average Bonchev–Trinajstić information content (AvgIpc) is 3.37. The summed E-state index contributed by atoms with van der Waals surface area (Å²) in [5.74, 6) is -0.864. The fourth-order valence-electron chi connectivity index (χ4n) is 9.42. The Balaban J connectivity index is 2.01. The van der Waals surface area contributed by atoms with Crippen molar-refractivity contribution in [3.8, 4) is 0 Å². The predicted octanol–water partition coefficient (Wildman–Crippen LogP) is 15.7. The van der Waals surface area contributed by atoms with Gasteiger partial charge in [-0.05, 0) is 94.8 Å². The Bertz CT molecular complexity index is 1190. The molecule has 1 aromatic carbocycles. The second-order valence-electron chi connectivity index (χ2n) is 20.6. The van der Waals surface area contributed by atoms with Crippen molar-refractivity contribution in [1.82, 2.24) is 4.90 Å². The molecule has 0 saturated carbocycles. The Labute approximate surface area is 430 Å². The predicted molar refractivity (Wildman–Crippen MR) is 288 cm³/mol. The van der Waals surface area contributed by atoms with Crippen LogP contribution in [0.2, 0.25) is 0 Å². The highest BCUT2D eigenvalue weighted by Gasteiger charge is 2.36. The maximum absolute atomic E-state index is 13.7. The van der Waals surface area contributed by atoms with Gasteiger partial charge in [0.05, 0.1) is 46.2 Å². The molecule has 1 fully saturated rings. The molecule has 408 valence electrons. The van der Waals surface area contributed by atoms with Crippen molar-refractivity contribution in [3.05, 3.63) is 35.9 Å². The number of piperidine rings is 1. The molecule has 1 aliphatic heterocycles. The van der Waals surface area contributed by atoms with E-state index >= 15 is 0 Å². The molecule has 1 aliphatic rings. The number of hydrogen-bond donors (Lipinski definition) is 0. The Kier molecular flexibility index (Phi) is 42.7. The molecule has 0 aromatic heterocycles. The van der Waals surface area contributed by atoms with Gasteiger partial charge in [-0.2, -0.15) is 0 Å². The van der Waals surface area contributed by atoms with Gasteiger partial charge in [0.25, 0.3) is 12.6 Å². The highest BCUT2D eigenvalue weighted by atomic mass is 16.7. The number of esters is 2. The molecule has 0 N–H and O–H groups in total. The van der Waals surface area contributed by atoms with Gasteiger partial charge in [0.15, 0.2) is 0 Å². The molecule has 0 aliphatic carbocycles. The first kappa shape index (κ1) is 64.0. The number of carbonyl (C=O) groups excluding carboxylic acids is 2. The maximum Gasteiger partial charge on any atom is 0.363 e. The molecule has 10 heteroatoms. The summed E-state index contributed by atoms with van der Waals surface area (Å²) < 4.78 is 42.4. The van der Waals surface area contributed by atoms with Crippen LogP contribution in [0.4, 0.5) is 0 Å². The first-order chi connectivity index (χ1) is 34.5. The number of hydrogen-bond acceptors (Lipinski definition) is 10. The van der Waals surface area contributed by atoms with Crippen molar-refractivity contribution >= 4 is 11.9 Å². The van der Waals surface area contributed by atoms with E-state index in [1.54, 1.807) is 0 Å². The standard InChI is InChI=1S/C60H109NO9/c1-5-9-13-17-21-25-33-48-67-58(68-49-34-26-22-18-14-10-6-2)56(62)65-52-42-60(40-45-61(46-41-60)44-32-37-47-64-54-55-38-30-29-31-39-55)43-53-66-57(63)59(69-50-35-27-23-19-15-11-7-3)70-51-36-28-24-20-16-12-8-4/h29-31,38-39,58-59H,5-28,32-37,40-54H2,1-4H3. The molecule has 0 bridgehead atoms. The monoisotopic (exact) mass is 988 g/mol. The van der Waals surface area contributed by atoms with Crippen LogP contribution in [-0.2, 0) is 49.4 Å². The second kappa shape index (κ2) is 46.7. The van der Waals surface area contributed by atoms with Crippen LogP contribution < -0.4 is 0 Å². The minimum Gasteiger partial charge on any atom is -0.462 e. The molecule has 1 aromatic rings. The second-order valence-corrected chi connectivity index (χ2v) is 20.6. The van der Waals surface area contributed by atoms with Gasteiger partial charge in [-0.15, -0.1) is 0 Å². The smallest absolute Gasteiger partial charge is 0.363 e. The number of likely N-dealkylation sites (tertiary alicyclic amines) is 1. The molecular formula is C60H109NO9. The third-order valence-electron chi connectivity index (χ3n) is 14.2. The minimum atomic E-state index is -1.00. The van der Waals surface area contributed by atoms with E-state index < -0.39 is 24.5 Å². The van der Waals surface area contributed by atoms with Gasteiger partial charge in [0, 0.05) is 6.61 Å². The van der Waals surface area contributed by atoms with E-state index in [2.05, 4.69) is 56.9 Å². The van der Waals surface area contributed by atoms with Crippen LogP contribution in [0.15, 0.2) is 30.3 Å². The van der Waals surface area contributed by atoms with Gasteiger partial charge in [0.1, 0.15) is 0 Å². The van der Waals surface area contributed by atoms with Gasteiger partial charge in [0.2, 0.25) is 0 Å². The molecule has 0 unspecified atom stereocenters. The minimum absolute atomic E-state index is 0.143. The van der Waals surface area contributed by atoms with Crippen molar-refractivity contribution in [3.63, 3.8) is 0 Å². The lowest BCUT2D eigenvalue weighted by molar-refractivity contribution is -0.197. The molecule has 0 atom stereocenters. The Morgan fingerprint density at radius 1 is 0.443 bits per heavy atom. The van der Waals surface area contributed by atoms with E-state index in [9.17, 15) is 9.59 Å². The summed E-state index contributed by atoms with van der Waals surface area (Å²) in [5.41, 5.74) is 1.06. The quantitative estimate of drug-likeness (QED) is 0.0356. The number of nitrogens with zero attached hydrogens (tertiary/aromatic N) is 1. The molecule has 10 nitrogen and oxygen atoms in total. The lowest BCUT2D eigenvalue weighted by Crippen LogP contribution is -2.42. The average molecular weight is 989 g/mol. The van der Waals surface area contributed by atoms with E-state index in [4.69, 9.17) is 33.2 Å². The fraction of sp³-hybridized carbons (Fsp3) is 0.867. The van der Waals surface area contributed by atoms with Crippen molar-refractivity contribution < 1.29 is 42.7 Å². The van der Waals surface area contributed by atoms with Crippen LogP contribution in [0.1, 0.15) is 252 Å². The first-order valence-corrected chi connectivity index (χ1v) is 29.6. The van der Waals surface area contributed by atoms with Crippen LogP contribution in [0, 0.1) is 5.41 Å². The number of rotatable bonds is 51. The van der Waals surface area contributed by atoms with Gasteiger partial charge in [-0.25, -0.2) is 9.59 Å². The van der Waals surface area contributed by atoms with Gasteiger partial charge in [-0.3, -0.25) is 0 Å². The summed E-state index contributed by atoms with van der Waals surface area (Å²) in [6, 6.07) is 10.3. The third kappa shape index (κ3) is 35.1. The Morgan fingerprint density at radius 2 is 0.786 bits per heavy atom. The van der Waals surface area contributed by atoms with Crippen LogP contribution in [0.25, 0.3) is 0 Å². The molecule has 0 spiro atoms. The van der Waals surface area contributed by atoms with Crippen molar-refractivity contribution in [1.29, 1.82) is 0 Å². The van der Waals surface area contributed by atoms with E-state index in [1.165, 1.54) is 134 Å². The van der Waals surface area contributed by atoms with Crippen molar-refractivity contribution in [2.45, 2.75) is 265 Å². The van der Waals surface area contributed by atoms with E-state index in [0.717, 1.165) is 103 Å². The number of carbonyl (C=O) groups is 2. The lowest BCUT2D eigenvalue weighted by Gasteiger charge is -2.42. The molecule has 2 rings (SSSR count). The summed E-state index contributed by atoms with van der Waals surface area (Å²) in [5, 5.41) is 0. The summed E-state index contributed by atoms with van der Waals surface area (Å²) in [6.07, 6.45) is 36.3. The highest BCUT2D eigenvalue weighted by Crippen LogP contribution is 2.39. The zero-order valence-corrected chi connectivity index (χ0v) is 46.0. The number of unbranched alkanes of at least 4 members (excludes halogenated alkanes) is 25. The summed E-state index contributed by atoms with van der Waals surface area (Å²) in [4.78, 5) is 29.9.